The molecule has 2 N–H and O–H groups in total. The monoisotopic (exact) mass is 536 g/mol. The minimum atomic E-state index is 0. The number of aliphatic imine (C=N–C) groups is 1. The molecule has 0 bridgehead atoms. The van der Waals surface area contributed by atoms with Crippen molar-refractivity contribution in [2.24, 2.45) is 10.9 Å². The highest BCUT2D eigenvalue weighted by Gasteiger charge is 2.22. The van der Waals surface area contributed by atoms with Gasteiger partial charge in [0.05, 0.1) is 13.7 Å². The molecule has 0 spiro atoms. The molecular weight excluding hydrogens is 503 g/mol. The molecule has 31 heavy (non-hydrogen) atoms. The Kier molecular flexibility index (Phi) is 10.6. The number of benzene rings is 2. The van der Waals surface area contributed by atoms with E-state index in [0.29, 0.717) is 18.4 Å². The lowest BCUT2D eigenvalue weighted by Crippen LogP contribution is -2.46. The Bertz CT molecular complexity index is 836. The number of hydrogen-bond acceptors (Lipinski definition) is 3. The predicted octanol–water partition coefficient (Wildman–Crippen LogP) is 3.46. The van der Waals surface area contributed by atoms with Crippen molar-refractivity contribution in [2.45, 2.75) is 25.8 Å². The highest BCUT2D eigenvalue weighted by molar-refractivity contribution is 14.0. The molecule has 0 unspecified atom stereocenters. The van der Waals surface area contributed by atoms with Crippen molar-refractivity contribution in [1.82, 2.24) is 15.5 Å². The average molecular weight is 536 g/mol. The molecule has 2 aromatic rings. The molecular formula is C24H33IN4O2. The molecule has 1 saturated heterocycles. The maximum Gasteiger partial charge on any atom is 0.241 e. The van der Waals surface area contributed by atoms with Gasteiger partial charge in [0.1, 0.15) is 5.75 Å². The molecule has 6 nitrogen and oxygen atoms in total. The number of rotatable bonds is 7. The van der Waals surface area contributed by atoms with Gasteiger partial charge in [0.25, 0.3) is 0 Å². The standard InChI is InChI=1S/C24H32N4O2.HI/c1-25-24(26-17-21-10-6-7-11-22(21)30-2)27-18-23(29)28-14-12-20(13-15-28)16-19-8-4-3-5-9-19;/h3-11,20H,12-18H2,1-2H3,(H2,25,26,27);1H. The van der Waals surface area contributed by atoms with Gasteiger partial charge in [-0.3, -0.25) is 9.79 Å². The van der Waals surface area contributed by atoms with E-state index < -0.39 is 0 Å². The van der Waals surface area contributed by atoms with Crippen LogP contribution in [0.2, 0.25) is 0 Å². The molecule has 0 saturated carbocycles. The first-order valence-corrected chi connectivity index (χ1v) is 10.6. The van der Waals surface area contributed by atoms with Crippen LogP contribution in [0.25, 0.3) is 0 Å². The Morgan fingerprint density at radius 3 is 2.42 bits per heavy atom. The third-order valence-corrected chi connectivity index (χ3v) is 5.60. The van der Waals surface area contributed by atoms with Gasteiger partial charge in [0.15, 0.2) is 5.96 Å². The number of carbonyl (C=O) groups excluding carboxylic acids is 1. The number of nitrogens with zero attached hydrogens (tertiary/aromatic N) is 2. The van der Waals surface area contributed by atoms with Gasteiger partial charge in [-0.1, -0.05) is 48.5 Å². The highest BCUT2D eigenvalue weighted by atomic mass is 127. The molecule has 0 aliphatic carbocycles. The first kappa shape index (κ1) is 25.0. The van der Waals surface area contributed by atoms with Gasteiger partial charge in [-0.05, 0) is 36.8 Å². The summed E-state index contributed by atoms with van der Waals surface area (Å²) in [4.78, 5) is 18.8. The number of para-hydroxylation sites is 1. The van der Waals surface area contributed by atoms with Gasteiger partial charge in [0, 0.05) is 32.2 Å². The van der Waals surface area contributed by atoms with E-state index in [4.69, 9.17) is 4.74 Å². The van der Waals surface area contributed by atoms with E-state index in [0.717, 1.165) is 43.7 Å². The lowest BCUT2D eigenvalue weighted by Gasteiger charge is -2.32. The summed E-state index contributed by atoms with van der Waals surface area (Å²) < 4.78 is 5.37. The number of likely N-dealkylation sites (tertiary alicyclic amines) is 1. The lowest BCUT2D eigenvalue weighted by molar-refractivity contribution is -0.131. The molecule has 0 atom stereocenters. The van der Waals surface area contributed by atoms with E-state index in [-0.39, 0.29) is 36.4 Å². The second kappa shape index (κ2) is 13.2. The van der Waals surface area contributed by atoms with E-state index in [1.807, 2.05) is 29.2 Å². The summed E-state index contributed by atoms with van der Waals surface area (Å²) in [7, 11) is 3.37. The number of amides is 1. The van der Waals surface area contributed by atoms with Crippen molar-refractivity contribution in [2.75, 3.05) is 33.8 Å². The second-order valence-corrected chi connectivity index (χ2v) is 7.61. The topological polar surface area (TPSA) is 66.0 Å². The van der Waals surface area contributed by atoms with Crippen LogP contribution in [0.5, 0.6) is 5.75 Å². The Morgan fingerprint density at radius 1 is 1.06 bits per heavy atom. The lowest BCUT2D eigenvalue weighted by atomic mass is 9.90. The SMILES string of the molecule is CN=C(NCC(=O)N1CCC(Cc2ccccc2)CC1)NCc1ccccc1OC.I. The quantitative estimate of drug-likeness (QED) is 0.323. The number of carbonyl (C=O) groups is 1. The first-order chi connectivity index (χ1) is 14.7. The number of piperidine rings is 1. The summed E-state index contributed by atoms with van der Waals surface area (Å²) in [5, 5.41) is 6.37. The van der Waals surface area contributed by atoms with E-state index in [9.17, 15) is 4.79 Å². The van der Waals surface area contributed by atoms with Gasteiger partial charge in [-0.25, -0.2) is 0 Å². The number of nitrogens with one attached hydrogen (secondary N) is 2. The Labute approximate surface area is 202 Å². The largest absolute Gasteiger partial charge is 0.496 e. The van der Waals surface area contributed by atoms with Crippen LogP contribution in [-0.4, -0.2) is 50.6 Å². The normalized spacial score (nSPS) is 14.5. The molecule has 1 fully saturated rings. The summed E-state index contributed by atoms with van der Waals surface area (Å²) in [6, 6.07) is 18.5. The molecule has 1 heterocycles. The molecule has 168 valence electrons. The maximum absolute atomic E-state index is 12.6. The van der Waals surface area contributed by atoms with Crippen molar-refractivity contribution >= 4 is 35.8 Å². The van der Waals surface area contributed by atoms with E-state index in [1.165, 1.54) is 5.56 Å². The molecule has 3 rings (SSSR count). The fourth-order valence-corrected chi connectivity index (χ4v) is 3.85. The van der Waals surface area contributed by atoms with Crippen LogP contribution >= 0.6 is 24.0 Å². The van der Waals surface area contributed by atoms with Crippen molar-refractivity contribution in [3.63, 3.8) is 0 Å². The van der Waals surface area contributed by atoms with Crippen LogP contribution in [-0.2, 0) is 17.8 Å². The summed E-state index contributed by atoms with van der Waals surface area (Å²) >= 11 is 0. The van der Waals surface area contributed by atoms with Crippen LogP contribution in [0, 0.1) is 5.92 Å². The second-order valence-electron chi connectivity index (χ2n) is 7.61. The van der Waals surface area contributed by atoms with E-state index in [2.05, 4.69) is 46.0 Å². The molecule has 7 heteroatoms. The summed E-state index contributed by atoms with van der Waals surface area (Å²) in [6.45, 7) is 2.47. The first-order valence-electron chi connectivity index (χ1n) is 10.6. The zero-order valence-corrected chi connectivity index (χ0v) is 20.7. The fourth-order valence-electron chi connectivity index (χ4n) is 3.85. The highest BCUT2D eigenvalue weighted by Crippen LogP contribution is 2.21. The van der Waals surface area contributed by atoms with Gasteiger partial charge < -0.3 is 20.3 Å². The van der Waals surface area contributed by atoms with Crippen LogP contribution in [0.15, 0.2) is 59.6 Å². The van der Waals surface area contributed by atoms with Crippen LogP contribution < -0.4 is 15.4 Å². The Morgan fingerprint density at radius 2 is 1.74 bits per heavy atom. The van der Waals surface area contributed by atoms with E-state index in [1.54, 1.807) is 14.2 Å². The van der Waals surface area contributed by atoms with Gasteiger partial charge in [-0.15, -0.1) is 24.0 Å². The fraction of sp³-hybridized carbons (Fsp3) is 0.417. The minimum absolute atomic E-state index is 0. The van der Waals surface area contributed by atoms with Gasteiger partial charge in [0.2, 0.25) is 5.91 Å². The van der Waals surface area contributed by atoms with Crippen molar-refractivity contribution < 1.29 is 9.53 Å². The zero-order chi connectivity index (χ0) is 21.2. The van der Waals surface area contributed by atoms with Crippen molar-refractivity contribution in [1.29, 1.82) is 0 Å². The molecule has 2 aromatic carbocycles. The number of hydrogen-bond donors (Lipinski definition) is 2. The summed E-state index contributed by atoms with van der Waals surface area (Å²) in [5.41, 5.74) is 2.42. The summed E-state index contributed by atoms with van der Waals surface area (Å²) in [6.07, 6.45) is 3.21. The molecule has 0 aromatic heterocycles. The number of halogens is 1. The van der Waals surface area contributed by atoms with Crippen LogP contribution in [0.4, 0.5) is 0 Å². The Hall–Kier alpha value is -2.29. The predicted molar refractivity (Wildman–Crippen MR) is 136 cm³/mol. The van der Waals surface area contributed by atoms with Crippen molar-refractivity contribution in [3.8, 4) is 5.75 Å². The van der Waals surface area contributed by atoms with Gasteiger partial charge in [-0.2, -0.15) is 0 Å². The Balaban J connectivity index is 0.00000341. The smallest absolute Gasteiger partial charge is 0.241 e. The van der Waals surface area contributed by atoms with E-state index >= 15 is 0 Å². The molecule has 1 aliphatic heterocycles. The molecule has 0 radical (unpaired) electrons. The molecule has 1 amide bonds. The van der Waals surface area contributed by atoms with Crippen LogP contribution in [0.1, 0.15) is 24.0 Å². The number of guanidine groups is 1. The number of methoxy groups -OCH3 is 1. The van der Waals surface area contributed by atoms with Crippen LogP contribution in [0.3, 0.4) is 0 Å². The zero-order valence-electron chi connectivity index (χ0n) is 18.3. The minimum Gasteiger partial charge on any atom is -0.496 e. The van der Waals surface area contributed by atoms with Crippen molar-refractivity contribution in [3.05, 3.63) is 65.7 Å². The molecule has 1 aliphatic rings. The van der Waals surface area contributed by atoms with Gasteiger partial charge >= 0.3 is 0 Å². The number of ether oxygens (including phenoxy) is 1. The maximum atomic E-state index is 12.6. The average Bonchev–Trinajstić information content (AvgIpc) is 2.80. The third kappa shape index (κ3) is 7.72. The third-order valence-electron chi connectivity index (χ3n) is 5.60. The summed E-state index contributed by atoms with van der Waals surface area (Å²) in [5.74, 6) is 2.20.